The van der Waals surface area contributed by atoms with Crippen LogP contribution in [0.25, 0.3) is 0 Å². The van der Waals surface area contributed by atoms with Gasteiger partial charge in [-0.15, -0.1) is 0 Å². The molecule has 0 saturated heterocycles. The van der Waals surface area contributed by atoms with Gasteiger partial charge in [0.2, 0.25) is 5.08 Å². The first-order chi connectivity index (χ1) is 3.71. The zero-order valence-electron chi connectivity index (χ0n) is 6.17. The van der Waals surface area contributed by atoms with Crippen LogP contribution >= 0.6 is 0 Å². The van der Waals surface area contributed by atoms with E-state index in [1.807, 2.05) is 0 Å². The van der Waals surface area contributed by atoms with Gasteiger partial charge in [-0.25, -0.2) is 0 Å². The van der Waals surface area contributed by atoms with Crippen LogP contribution in [0, 0.1) is 0 Å². The second kappa shape index (κ2) is 6.83. The van der Waals surface area contributed by atoms with Crippen LogP contribution < -0.4 is 12.3 Å². The van der Waals surface area contributed by atoms with Crippen LogP contribution in [0.3, 0.4) is 0 Å². The zero-order chi connectivity index (χ0) is 7.71. The summed E-state index contributed by atoms with van der Waals surface area (Å²) in [4.78, 5) is 0. The maximum absolute atomic E-state index is 9.66. The van der Waals surface area contributed by atoms with E-state index in [0.29, 0.717) is 0 Å². The Morgan fingerprint density at radius 3 is 1.00 bits per heavy atom. The molecule has 0 rings (SSSR count). The third-order valence-electron chi connectivity index (χ3n) is 0.298. The van der Waals surface area contributed by atoms with Gasteiger partial charge in [-0.2, -0.15) is 16.8 Å². The van der Waals surface area contributed by atoms with Gasteiger partial charge >= 0.3 is 0 Å². The maximum Gasteiger partial charge on any atom is 0.281 e. The molecule has 0 fully saturated rings. The van der Waals surface area contributed by atoms with E-state index in [1.165, 1.54) is 0 Å². The fraction of sp³-hybridized carbons (Fsp3) is 1.00. The van der Waals surface area contributed by atoms with Gasteiger partial charge in [-0.1, -0.05) is 0 Å². The first-order valence-corrected chi connectivity index (χ1v) is 4.83. The van der Waals surface area contributed by atoms with Crippen molar-refractivity contribution in [2.24, 2.45) is 0 Å². The predicted octanol–water partition coefficient (Wildman–Crippen LogP) is -0.959. The van der Waals surface area contributed by atoms with Crippen molar-refractivity contribution in [3.63, 3.8) is 0 Å². The molecule has 0 unspecified atom stereocenters. The third kappa shape index (κ3) is 22.4. The second-order valence-electron chi connectivity index (χ2n) is 1.28. The molecule has 0 amide bonds. The summed E-state index contributed by atoms with van der Waals surface area (Å²) in [7, 11) is -9.24. The number of rotatable bonds is 2. The van der Waals surface area contributed by atoms with Gasteiger partial charge in [0.05, 0.1) is 0 Å². The summed E-state index contributed by atoms with van der Waals surface area (Å²) >= 11 is 0. The Morgan fingerprint density at radius 1 is 0.833 bits per heavy atom. The molecule has 0 aliphatic rings. The van der Waals surface area contributed by atoms with Crippen molar-refractivity contribution in [2.45, 2.75) is 0 Å². The first-order valence-electron chi connectivity index (χ1n) is 1.61. The average molecular weight is 276 g/mol. The zero-order valence-corrected chi connectivity index (χ0v) is 10.8. The van der Waals surface area contributed by atoms with E-state index in [-0.39, 0.29) is 31.8 Å². The van der Waals surface area contributed by atoms with Crippen molar-refractivity contribution in [2.75, 3.05) is 5.08 Å². The Kier molecular flexibility index (Phi) is 13.0. The minimum absolute atomic E-state index is 0. The SMILES string of the molecule is N.N.O=S(=O)(O)CS(=O)(=O)O.[Zn]. The Hall–Kier alpha value is 0.363. The molecular weight excluding hydrogens is 266 g/mol. The minimum Gasteiger partial charge on any atom is -0.344 e. The van der Waals surface area contributed by atoms with Gasteiger partial charge < -0.3 is 12.3 Å². The standard InChI is InChI=1S/CH4O6S2.2H3N.Zn/c2-8(3,4)1-9(5,6)7;;;/h1H2,(H,2,3,4)(H,5,6,7);2*1H3;. The summed E-state index contributed by atoms with van der Waals surface area (Å²) in [5.41, 5.74) is 0. The van der Waals surface area contributed by atoms with E-state index < -0.39 is 25.3 Å². The topological polar surface area (TPSA) is 179 Å². The minimum atomic E-state index is -4.62. The molecule has 8 N–H and O–H groups in total. The van der Waals surface area contributed by atoms with E-state index in [4.69, 9.17) is 9.11 Å². The van der Waals surface area contributed by atoms with Crippen molar-refractivity contribution in [3.05, 3.63) is 0 Å². The summed E-state index contributed by atoms with van der Waals surface area (Å²) in [6, 6.07) is 0. The fourth-order valence-corrected chi connectivity index (χ4v) is 1.69. The molecule has 0 radical (unpaired) electrons. The monoisotopic (exact) mass is 274 g/mol. The summed E-state index contributed by atoms with van der Waals surface area (Å²) in [6.07, 6.45) is 0. The van der Waals surface area contributed by atoms with Crippen molar-refractivity contribution in [3.8, 4) is 0 Å². The van der Waals surface area contributed by atoms with Gasteiger partial charge in [-0.3, -0.25) is 9.11 Å². The molecule has 11 heteroatoms. The van der Waals surface area contributed by atoms with Crippen molar-refractivity contribution in [1.82, 2.24) is 12.3 Å². The van der Waals surface area contributed by atoms with Gasteiger partial charge in [0.25, 0.3) is 20.2 Å². The number of hydrogen-bond acceptors (Lipinski definition) is 6. The van der Waals surface area contributed by atoms with Gasteiger partial charge in [-0.05, 0) is 0 Å². The number of hydrogen-bond donors (Lipinski definition) is 4. The van der Waals surface area contributed by atoms with Crippen LogP contribution in [-0.2, 0) is 39.7 Å². The molecule has 0 atom stereocenters. The summed E-state index contributed by atoms with van der Waals surface area (Å²) in [6.45, 7) is 0. The third-order valence-corrected chi connectivity index (χ3v) is 2.68. The van der Waals surface area contributed by atoms with E-state index in [1.54, 1.807) is 0 Å². The van der Waals surface area contributed by atoms with Gasteiger partial charge in [0.15, 0.2) is 0 Å². The maximum atomic E-state index is 9.66. The van der Waals surface area contributed by atoms with Crippen LogP contribution in [0.4, 0.5) is 0 Å². The fourth-order valence-electron chi connectivity index (χ4n) is 0.188. The largest absolute Gasteiger partial charge is 0.344 e. The average Bonchev–Trinajstić information content (AvgIpc) is 1.14. The van der Waals surface area contributed by atoms with E-state index in [9.17, 15) is 16.8 Å². The Labute approximate surface area is 83.2 Å². The molecule has 0 saturated carbocycles. The van der Waals surface area contributed by atoms with E-state index in [2.05, 4.69) is 0 Å². The summed E-state index contributed by atoms with van der Waals surface area (Å²) in [5, 5.41) is -1.65. The van der Waals surface area contributed by atoms with Crippen LogP contribution in [0.5, 0.6) is 0 Å². The smallest absolute Gasteiger partial charge is 0.281 e. The summed E-state index contributed by atoms with van der Waals surface area (Å²) in [5.74, 6) is 0. The second-order valence-corrected chi connectivity index (χ2v) is 4.55. The molecule has 0 aromatic rings. The Bertz CT molecular complexity index is 249. The Morgan fingerprint density at radius 2 is 1.00 bits per heavy atom. The molecule has 0 heterocycles. The molecule has 12 heavy (non-hydrogen) atoms. The molecule has 74 valence electrons. The van der Waals surface area contributed by atoms with Crippen LogP contribution in [0.1, 0.15) is 0 Å². The molecule has 0 spiro atoms. The van der Waals surface area contributed by atoms with Gasteiger partial charge in [0, 0.05) is 19.5 Å². The van der Waals surface area contributed by atoms with E-state index >= 15 is 0 Å². The van der Waals surface area contributed by atoms with Crippen molar-refractivity contribution in [1.29, 1.82) is 0 Å². The predicted molar refractivity (Wildman–Crippen MR) is 38.0 cm³/mol. The quantitative estimate of drug-likeness (QED) is 0.367. The molecule has 0 aliphatic carbocycles. The van der Waals surface area contributed by atoms with Crippen LogP contribution in [0.2, 0.25) is 0 Å². The normalized spacial score (nSPS) is 10.2. The molecular formula is CH10N2O6S2Zn. The van der Waals surface area contributed by atoms with Crippen LogP contribution in [0.15, 0.2) is 0 Å². The first kappa shape index (κ1) is 22.8. The van der Waals surface area contributed by atoms with Crippen molar-refractivity contribution < 1.29 is 45.4 Å². The Balaban J connectivity index is -0.000000107. The summed E-state index contributed by atoms with van der Waals surface area (Å²) < 4.78 is 54.2. The molecule has 0 bridgehead atoms. The molecule has 8 nitrogen and oxygen atoms in total. The van der Waals surface area contributed by atoms with E-state index in [0.717, 1.165) is 0 Å². The van der Waals surface area contributed by atoms with Crippen LogP contribution in [-0.4, -0.2) is 31.0 Å². The van der Waals surface area contributed by atoms with Gasteiger partial charge in [0.1, 0.15) is 0 Å². The van der Waals surface area contributed by atoms with Crippen molar-refractivity contribution >= 4 is 20.2 Å². The molecule has 0 aromatic heterocycles. The molecule has 0 aliphatic heterocycles. The molecule has 0 aromatic carbocycles.